The number of hydrogen-bond donors (Lipinski definition) is 0. The van der Waals surface area contributed by atoms with Crippen molar-refractivity contribution in [2.75, 3.05) is 20.8 Å². The molecule has 1 aliphatic rings. The SMILES string of the molecule is COC=C[C@@H](C)[C@@H](C1C=[C]CO1)N(C)C(=O)OC(C)(C)C. The van der Waals surface area contributed by atoms with Crippen molar-refractivity contribution in [3.05, 3.63) is 24.5 Å². The maximum absolute atomic E-state index is 12.3. The molecule has 0 saturated heterocycles. The standard InChI is InChI=1S/C16H26NO4/c1-12(9-11-19-6)14(13-8-7-10-20-13)17(5)15(18)21-16(2,3)4/h8-9,11-14H,10H2,1-6H3/t12-,13?,14+/m1/s1. The van der Waals surface area contributed by atoms with Crippen LogP contribution in [0.3, 0.4) is 0 Å². The minimum Gasteiger partial charge on any atom is -0.505 e. The predicted molar refractivity (Wildman–Crippen MR) is 80.7 cm³/mol. The van der Waals surface area contributed by atoms with E-state index in [1.54, 1.807) is 25.3 Å². The first-order chi connectivity index (χ1) is 9.76. The molecule has 0 aromatic heterocycles. The van der Waals surface area contributed by atoms with Gasteiger partial charge in [0.25, 0.3) is 0 Å². The molecular weight excluding hydrogens is 270 g/mol. The van der Waals surface area contributed by atoms with Crippen LogP contribution in [0.5, 0.6) is 0 Å². The average molecular weight is 296 g/mol. The Morgan fingerprint density at radius 2 is 2.19 bits per heavy atom. The zero-order valence-corrected chi connectivity index (χ0v) is 13.8. The minimum absolute atomic E-state index is 0.0450. The molecule has 0 aromatic rings. The third-order valence-corrected chi connectivity index (χ3v) is 3.16. The van der Waals surface area contributed by atoms with Crippen LogP contribution in [0.4, 0.5) is 4.79 Å². The third kappa shape index (κ3) is 5.42. The first kappa shape index (κ1) is 17.6. The predicted octanol–water partition coefficient (Wildman–Crippen LogP) is 2.78. The Labute approximate surface area is 127 Å². The maximum Gasteiger partial charge on any atom is 0.410 e. The first-order valence-electron chi connectivity index (χ1n) is 7.10. The van der Waals surface area contributed by atoms with Gasteiger partial charge in [-0.1, -0.05) is 6.92 Å². The van der Waals surface area contributed by atoms with Crippen LogP contribution in [-0.4, -0.2) is 49.5 Å². The normalized spacial score (nSPS) is 21.3. The Hall–Kier alpha value is -1.49. The van der Waals surface area contributed by atoms with Gasteiger partial charge >= 0.3 is 6.09 Å². The van der Waals surface area contributed by atoms with E-state index < -0.39 is 5.60 Å². The van der Waals surface area contributed by atoms with E-state index in [-0.39, 0.29) is 24.2 Å². The van der Waals surface area contributed by atoms with Gasteiger partial charge in [-0.25, -0.2) is 4.79 Å². The number of rotatable bonds is 5. The lowest BCUT2D eigenvalue weighted by Gasteiger charge is -2.35. The van der Waals surface area contributed by atoms with Gasteiger partial charge in [0.1, 0.15) is 5.60 Å². The van der Waals surface area contributed by atoms with Crippen molar-refractivity contribution in [1.29, 1.82) is 0 Å². The molecule has 0 N–H and O–H groups in total. The van der Waals surface area contributed by atoms with Crippen molar-refractivity contribution in [3.63, 3.8) is 0 Å². The zero-order valence-electron chi connectivity index (χ0n) is 13.8. The molecule has 5 nitrogen and oxygen atoms in total. The third-order valence-electron chi connectivity index (χ3n) is 3.16. The Bertz CT molecular complexity index is 398. The second-order valence-electron chi connectivity index (χ2n) is 6.15. The number of carbonyl (C=O) groups is 1. The summed E-state index contributed by atoms with van der Waals surface area (Å²) < 4.78 is 16.0. The number of amides is 1. The first-order valence-corrected chi connectivity index (χ1v) is 7.10. The van der Waals surface area contributed by atoms with Crippen LogP contribution in [0, 0.1) is 12.0 Å². The van der Waals surface area contributed by atoms with Crippen LogP contribution in [0.1, 0.15) is 27.7 Å². The highest BCUT2D eigenvalue weighted by Crippen LogP contribution is 2.23. The molecule has 5 heteroatoms. The molecule has 0 saturated carbocycles. The van der Waals surface area contributed by atoms with Gasteiger partial charge in [-0.15, -0.1) is 0 Å². The summed E-state index contributed by atoms with van der Waals surface area (Å²) in [6.45, 7) is 8.01. The van der Waals surface area contributed by atoms with Crippen molar-refractivity contribution in [2.45, 2.75) is 45.4 Å². The van der Waals surface area contributed by atoms with Crippen LogP contribution >= 0.6 is 0 Å². The van der Waals surface area contributed by atoms with E-state index >= 15 is 0 Å². The van der Waals surface area contributed by atoms with Crippen molar-refractivity contribution in [1.82, 2.24) is 4.90 Å². The number of methoxy groups -OCH3 is 1. The topological polar surface area (TPSA) is 48.0 Å². The Balaban J connectivity index is 2.86. The second kappa shape index (κ2) is 7.50. The number of ether oxygens (including phenoxy) is 3. The Morgan fingerprint density at radius 3 is 2.67 bits per heavy atom. The monoisotopic (exact) mass is 296 g/mol. The molecule has 21 heavy (non-hydrogen) atoms. The summed E-state index contributed by atoms with van der Waals surface area (Å²) in [6, 6.07) is -0.179. The molecule has 0 aromatic carbocycles. The second-order valence-corrected chi connectivity index (χ2v) is 6.15. The number of nitrogens with zero attached hydrogens (tertiary/aromatic N) is 1. The maximum atomic E-state index is 12.3. The average Bonchev–Trinajstić information content (AvgIpc) is 2.88. The fourth-order valence-electron chi connectivity index (χ4n) is 2.20. The highest BCUT2D eigenvalue weighted by atomic mass is 16.6. The molecule has 1 heterocycles. The number of likely N-dealkylation sites (N-methyl/N-ethyl adjacent to an activating group) is 1. The summed E-state index contributed by atoms with van der Waals surface area (Å²) in [4.78, 5) is 13.9. The van der Waals surface area contributed by atoms with E-state index in [0.29, 0.717) is 6.61 Å². The molecule has 1 rings (SSSR count). The molecule has 0 bridgehead atoms. The van der Waals surface area contributed by atoms with Gasteiger partial charge in [0.2, 0.25) is 0 Å². The smallest absolute Gasteiger partial charge is 0.410 e. The zero-order chi connectivity index (χ0) is 16.0. The summed E-state index contributed by atoms with van der Waals surface area (Å²) in [6.07, 6.45) is 7.84. The van der Waals surface area contributed by atoms with Gasteiger partial charge in [-0.3, -0.25) is 0 Å². The fraction of sp³-hybridized carbons (Fsp3) is 0.688. The van der Waals surface area contributed by atoms with E-state index in [1.165, 1.54) is 0 Å². The molecule has 0 aliphatic carbocycles. The number of hydrogen-bond acceptors (Lipinski definition) is 4. The van der Waals surface area contributed by atoms with Crippen molar-refractivity contribution >= 4 is 6.09 Å². The van der Waals surface area contributed by atoms with Crippen molar-refractivity contribution in [3.8, 4) is 0 Å². The molecule has 119 valence electrons. The summed E-state index contributed by atoms with van der Waals surface area (Å²) in [7, 11) is 3.32. The van der Waals surface area contributed by atoms with Crippen LogP contribution in [0.15, 0.2) is 18.4 Å². The molecular formula is C16H26NO4. The van der Waals surface area contributed by atoms with Crippen LogP contribution in [0.2, 0.25) is 0 Å². The van der Waals surface area contributed by atoms with Crippen molar-refractivity contribution < 1.29 is 19.0 Å². The highest BCUT2D eigenvalue weighted by molar-refractivity contribution is 5.68. The van der Waals surface area contributed by atoms with Crippen LogP contribution in [0.25, 0.3) is 0 Å². The lowest BCUT2D eigenvalue weighted by Crippen LogP contribution is -2.49. The molecule has 0 spiro atoms. The van der Waals surface area contributed by atoms with Crippen LogP contribution < -0.4 is 0 Å². The van der Waals surface area contributed by atoms with E-state index in [9.17, 15) is 4.79 Å². The lowest BCUT2D eigenvalue weighted by atomic mass is 9.95. The van der Waals surface area contributed by atoms with Gasteiger partial charge in [-0.2, -0.15) is 0 Å². The molecule has 1 aliphatic heterocycles. The largest absolute Gasteiger partial charge is 0.505 e. The molecule has 1 amide bonds. The van der Waals surface area contributed by atoms with Gasteiger partial charge in [-0.05, 0) is 39.0 Å². The van der Waals surface area contributed by atoms with E-state index in [0.717, 1.165) is 0 Å². The van der Waals surface area contributed by atoms with Crippen LogP contribution in [-0.2, 0) is 14.2 Å². The molecule has 3 atom stereocenters. The summed E-state index contributed by atoms with van der Waals surface area (Å²) in [5.41, 5.74) is -0.528. The van der Waals surface area contributed by atoms with Gasteiger partial charge < -0.3 is 19.1 Å². The number of carbonyl (C=O) groups excluding carboxylic acids is 1. The highest BCUT2D eigenvalue weighted by Gasteiger charge is 2.34. The quantitative estimate of drug-likeness (QED) is 0.732. The minimum atomic E-state index is -0.528. The summed E-state index contributed by atoms with van der Waals surface area (Å²) in [5, 5.41) is 0. The van der Waals surface area contributed by atoms with E-state index in [4.69, 9.17) is 14.2 Å². The molecule has 1 unspecified atom stereocenters. The summed E-state index contributed by atoms with van der Waals surface area (Å²) >= 11 is 0. The van der Waals surface area contributed by atoms with Crippen molar-refractivity contribution in [2.24, 2.45) is 5.92 Å². The Kier molecular flexibility index (Phi) is 6.27. The fourth-order valence-corrected chi connectivity index (χ4v) is 2.20. The Morgan fingerprint density at radius 1 is 1.52 bits per heavy atom. The van der Waals surface area contributed by atoms with Gasteiger partial charge in [0.05, 0.1) is 32.1 Å². The van der Waals surface area contributed by atoms with E-state index in [1.807, 2.05) is 39.8 Å². The lowest BCUT2D eigenvalue weighted by molar-refractivity contribution is -0.00684. The molecule has 0 fully saturated rings. The van der Waals surface area contributed by atoms with Gasteiger partial charge in [0, 0.05) is 13.0 Å². The van der Waals surface area contributed by atoms with E-state index in [2.05, 4.69) is 6.08 Å². The molecule has 1 radical (unpaired) electrons. The summed E-state index contributed by atoms with van der Waals surface area (Å²) in [5.74, 6) is 0.0450. The van der Waals surface area contributed by atoms with Gasteiger partial charge in [0.15, 0.2) is 0 Å².